The van der Waals surface area contributed by atoms with Gasteiger partial charge in [-0.2, -0.15) is 0 Å². The van der Waals surface area contributed by atoms with Gasteiger partial charge in [-0.15, -0.1) is 0 Å². The number of carbonyl (C=O) groups is 2. The molecule has 0 spiro atoms. The van der Waals surface area contributed by atoms with Crippen molar-refractivity contribution in [2.24, 2.45) is 4.99 Å². The molecule has 174 valence electrons. The number of benzene rings is 3. The van der Waals surface area contributed by atoms with Gasteiger partial charge in [0.25, 0.3) is 0 Å². The minimum atomic E-state index is -0.572. The average molecular weight is 514 g/mol. The molecule has 1 unspecified atom stereocenters. The van der Waals surface area contributed by atoms with E-state index < -0.39 is 5.25 Å². The molecular formula is C25H21Cl2N3O3S. The molecule has 4 rings (SSSR count). The van der Waals surface area contributed by atoms with E-state index in [0.29, 0.717) is 44.6 Å². The molecule has 1 fully saturated rings. The Balaban J connectivity index is 1.42. The van der Waals surface area contributed by atoms with E-state index in [4.69, 9.17) is 27.9 Å². The van der Waals surface area contributed by atoms with Crippen molar-refractivity contribution >= 4 is 63.3 Å². The lowest BCUT2D eigenvalue weighted by molar-refractivity contribution is -0.128. The third-order valence-electron chi connectivity index (χ3n) is 4.88. The van der Waals surface area contributed by atoms with E-state index in [1.54, 1.807) is 41.3 Å². The number of amides is 2. The first kappa shape index (κ1) is 24.1. The number of nitrogens with one attached hydrogen (secondary N) is 1. The number of anilines is 1. The molecule has 0 saturated carbocycles. The molecule has 0 aromatic heterocycles. The number of nitrogens with zero attached hydrogens (tertiary/aromatic N) is 2. The number of hydrogen-bond donors (Lipinski definition) is 1. The average Bonchev–Trinajstić information content (AvgIpc) is 3.07. The number of amidine groups is 1. The Labute approximate surface area is 211 Å². The van der Waals surface area contributed by atoms with Crippen molar-refractivity contribution in [2.45, 2.75) is 18.6 Å². The number of hydrogen-bond acceptors (Lipinski definition) is 5. The van der Waals surface area contributed by atoms with Crippen LogP contribution >= 0.6 is 35.0 Å². The first-order valence-corrected chi connectivity index (χ1v) is 12.2. The number of thioether (sulfide) groups is 1. The summed E-state index contributed by atoms with van der Waals surface area (Å²) in [5.41, 5.74) is 1.13. The lowest BCUT2D eigenvalue weighted by atomic mass is 10.2. The number of halogens is 2. The molecule has 0 bridgehead atoms. The maximum Gasteiger partial charge on any atom is 0.242 e. The van der Waals surface area contributed by atoms with Crippen molar-refractivity contribution in [3.8, 4) is 11.5 Å². The van der Waals surface area contributed by atoms with Gasteiger partial charge < -0.3 is 10.1 Å². The summed E-state index contributed by atoms with van der Waals surface area (Å²) in [6, 6.07) is 21.4. The van der Waals surface area contributed by atoms with Crippen molar-refractivity contribution in [1.29, 1.82) is 0 Å². The summed E-state index contributed by atoms with van der Waals surface area (Å²) in [5, 5.41) is 3.71. The third-order valence-corrected chi connectivity index (χ3v) is 6.49. The molecule has 3 aromatic carbocycles. The SMILES string of the molecule is CCN1C(=O)C(CC(=O)Nc2cccc(Oc3ccccc3)c2)SC1=Nc1cc(Cl)cc(Cl)c1. The minimum absolute atomic E-state index is 0.0130. The van der Waals surface area contributed by atoms with E-state index in [2.05, 4.69) is 10.3 Å². The highest BCUT2D eigenvalue weighted by Crippen LogP contribution is 2.33. The van der Waals surface area contributed by atoms with Crippen LogP contribution in [0.25, 0.3) is 0 Å². The second-order valence-electron chi connectivity index (χ2n) is 7.41. The predicted octanol–water partition coefficient (Wildman–Crippen LogP) is 6.77. The molecule has 34 heavy (non-hydrogen) atoms. The van der Waals surface area contributed by atoms with Gasteiger partial charge in [0.05, 0.1) is 5.69 Å². The minimum Gasteiger partial charge on any atom is -0.457 e. The van der Waals surface area contributed by atoms with E-state index in [9.17, 15) is 9.59 Å². The Bertz CT molecular complexity index is 1220. The predicted molar refractivity (Wildman–Crippen MR) is 139 cm³/mol. The summed E-state index contributed by atoms with van der Waals surface area (Å²) in [5.74, 6) is 0.870. The fourth-order valence-electron chi connectivity index (χ4n) is 3.37. The highest BCUT2D eigenvalue weighted by molar-refractivity contribution is 8.15. The van der Waals surface area contributed by atoms with Crippen molar-refractivity contribution in [3.05, 3.63) is 82.8 Å². The lowest BCUT2D eigenvalue weighted by Crippen LogP contribution is -2.33. The quantitative estimate of drug-likeness (QED) is 0.378. The molecule has 0 aliphatic carbocycles. The molecule has 1 atom stereocenters. The van der Waals surface area contributed by atoms with Gasteiger partial charge in [-0.25, -0.2) is 4.99 Å². The lowest BCUT2D eigenvalue weighted by Gasteiger charge is -2.13. The van der Waals surface area contributed by atoms with Crippen LogP contribution in [-0.4, -0.2) is 33.7 Å². The smallest absolute Gasteiger partial charge is 0.242 e. The van der Waals surface area contributed by atoms with E-state index >= 15 is 0 Å². The van der Waals surface area contributed by atoms with Crippen LogP contribution in [0, 0.1) is 0 Å². The van der Waals surface area contributed by atoms with Crippen molar-refractivity contribution in [2.75, 3.05) is 11.9 Å². The van der Waals surface area contributed by atoms with Crippen LogP contribution in [0.4, 0.5) is 11.4 Å². The van der Waals surface area contributed by atoms with E-state index in [-0.39, 0.29) is 18.2 Å². The van der Waals surface area contributed by atoms with Crippen LogP contribution in [0.5, 0.6) is 11.5 Å². The Morgan fingerprint density at radius 1 is 1.03 bits per heavy atom. The molecule has 1 aliphatic rings. The molecule has 9 heteroatoms. The Kier molecular flexibility index (Phi) is 7.77. The van der Waals surface area contributed by atoms with Crippen molar-refractivity contribution in [1.82, 2.24) is 4.90 Å². The van der Waals surface area contributed by atoms with Gasteiger partial charge in [0, 0.05) is 34.8 Å². The number of ether oxygens (including phenoxy) is 1. The Hall–Kier alpha value is -3.00. The maximum absolute atomic E-state index is 12.9. The highest BCUT2D eigenvalue weighted by atomic mass is 35.5. The van der Waals surface area contributed by atoms with Gasteiger partial charge in [-0.05, 0) is 49.4 Å². The topological polar surface area (TPSA) is 71.0 Å². The zero-order valence-corrected chi connectivity index (χ0v) is 20.5. The summed E-state index contributed by atoms with van der Waals surface area (Å²) >= 11 is 13.4. The van der Waals surface area contributed by atoms with Crippen LogP contribution in [-0.2, 0) is 9.59 Å². The Morgan fingerprint density at radius 3 is 2.44 bits per heavy atom. The standard InChI is InChI=1S/C25H21Cl2N3O3S/c1-2-30-24(32)22(34-25(30)29-19-12-16(26)11-17(27)13-19)15-23(31)28-18-7-6-10-21(14-18)33-20-8-4-3-5-9-20/h3-14,22H,2,15H2,1H3,(H,28,31). The number of rotatable bonds is 7. The second-order valence-corrected chi connectivity index (χ2v) is 9.45. The first-order valence-electron chi connectivity index (χ1n) is 10.6. The molecule has 1 saturated heterocycles. The fraction of sp³-hybridized carbons (Fsp3) is 0.160. The van der Waals surface area contributed by atoms with E-state index in [1.807, 2.05) is 43.3 Å². The van der Waals surface area contributed by atoms with Gasteiger partial charge >= 0.3 is 0 Å². The number of para-hydroxylation sites is 1. The van der Waals surface area contributed by atoms with Gasteiger partial charge in [0.1, 0.15) is 16.7 Å². The molecule has 1 aliphatic heterocycles. The monoisotopic (exact) mass is 513 g/mol. The van der Waals surface area contributed by atoms with Gasteiger partial charge in [-0.3, -0.25) is 14.5 Å². The molecule has 3 aromatic rings. The van der Waals surface area contributed by atoms with E-state index in [1.165, 1.54) is 11.8 Å². The summed E-state index contributed by atoms with van der Waals surface area (Å²) in [7, 11) is 0. The Morgan fingerprint density at radius 2 is 1.74 bits per heavy atom. The van der Waals surface area contributed by atoms with Crippen LogP contribution in [0.3, 0.4) is 0 Å². The van der Waals surface area contributed by atoms with Crippen LogP contribution in [0.2, 0.25) is 10.0 Å². The summed E-state index contributed by atoms with van der Waals surface area (Å²) in [6.45, 7) is 2.30. The second kappa shape index (κ2) is 11.0. The van der Waals surface area contributed by atoms with Crippen LogP contribution in [0.15, 0.2) is 77.8 Å². The van der Waals surface area contributed by atoms with Gasteiger partial charge in [0.15, 0.2) is 5.17 Å². The van der Waals surface area contributed by atoms with E-state index in [0.717, 1.165) is 0 Å². The normalized spacial score (nSPS) is 16.7. The summed E-state index contributed by atoms with van der Waals surface area (Å²) in [6.07, 6.45) is 0.0130. The maximum atomic E-state index is 12.9. The zero-order chi connectivity index (χ0) is 24.1. The summed E-state index contributed by atoms with van der Waals surface area (Å²) in [4.78, 5) is 31.7. The summed E-state index contributed by atoms with van der Waals surface area (Å²) < 4.78 is 5.82. The molecule has 6 nitrogen and oxygen atoms in total. The van der Waals surface area contributed by atoms with Gasteiger partial charge in [0.2, 0.25) is 11.8 Å². The van der Waals surface area contributed by atoms with Crippen LogP contribution < -0.4 is 10.1 Å². The largest absolute Gasteiger partial charge is 0.457 e. The van der Waals surface area contributed by atoms with Crippen molar-refractivity contribution in [3.63, 3.8) is 0 Å². The fourth-order valence-corrected chi connectivity index (χ4v) is 5.11. The van der Waals surface area contributed by atoms with Crippen LogP contribution in [0.1, 0.15) is 13.3 Å². The highest BCUT2D eigenvalue weighted by Gasteiger charge is 2.38. The molecular weight excluding hydrogens is 493 g/mol. The third kappa shape index (κ3) is 6.11. The first-order chi connectivity index (χ1) is 16.4. The number of carbonyl (C=O) groups excluding carboxylic acids is 2. The molecule has 1 N–H and O–H groups in total. The molecule has 2 amide bonds. The zero-order valence-electron chi connectivity index (χ0n) is 18.2. The molecule has 0 radical (unpaired) electrons. The number of aliphatic imine (C=N–C) groups is 1. The molecule has 1 heterocycles. The van der Waals surface area contributed by atoms with Crippen molar-refractivity contribution < 1.29 is 14.3 Å². The van der Waals surface area contributed by atoms with Gasteiger partial charge in [-0.1, -0.05) is 59.2 Å².